The van der Waals surface area contributed by atoms with Gasteiger partial charge in [0.25, 0.3) is 0 Å². The Labute approximate surface area is 169 Å². The first-order valence-electron chi connectivity index (χ1n) is 9.93. The molecule has 158 valence electrons. The largest absolute Gasteiger partial charge is 0.394 e. The number of amides is 1. The summed E-state index contributed by atoms with van der Waals surface area (Å²) in [6.07, 6.45) is 3.41. The van der Waals surface area contributed by atoms with Gasteiger partial charge >= 0.3 is 0 Å². The molecule has 1 aliphatic carbocycles. The van der Waals surface area contributed by atoms with Gasteiger partial charge < -0.3 is 15.7 Å². The van der Waals surface area contributed by atoms with Gasteiger partial charge in [-0.15, -0.1) is 0 Å². The molecule has 0 radical (unpaired) electrons. The zero-order valence-corrected chi connectivity index (χ0v) is 18.2. The fourth-order valence-corrected chi connectivity index (χ4v) is 6.05. The molecule has 1 amide bonds. The topological polar surface area (TPSA) is 95.5 Å². The Hall–Kier alpha value is -1.44. The number of hydrogen-bond acceptors (Lipinski definition) is 5. The number of nitrogens with one attached hydrogen (secondary N) is 2. The van der Waals surface area contributed by atoms with E-state index in [1.807, 2.05) is 0 Å². The van der Waals surface area contributed by atoms with Crippen molar-refractivity contribution < 1.29 is 18.3 Å². The van der Waals surface area contributed by atoms with Crippen LogP contribution in [0.3, 0.4) is 0 Å². The smallest absolute Gasteiger partial charge is 0.221 e. The Balaban J connectivity index is 1.91. The van der Waals surface area contributed by atoms with Crippen molar-refractivity contribution in [3.63, 3.8) is 0 Å². The number of anilines is 1. The van der Waals surface area contributed by atoms with Crippen LogP contribution in [0.4, 0.5) is 5.69 Å². The summed E-state index contributed by atoms with van der Waals surface area (Å²) in [7, 11) is -3.38. The minimum absolute atomic E-state index is 0.0416. The monoisotopic (exact) mass is 410 g/mol. The van der Waals surface area contributed by atoms with Crippen LogP contribution in [0.25, 0.3) is 0 Å². The summed E-state index contributed by atoms with van der Waals surface area (Å²) < 4.78 is 25.1. The lowest BCUT2D eigenvalue weighted by atomic mass is 9.64. The van der Waals surface area contributed by atoms with Gasteiger partial charge in [-0.2, -0.15) is 0 Å². The highest BCUT2D eigenvalue weighted by molar-refractivity contribution is 7.91. The highest BCUT2D eigenvalue weighted by Crippen LogP contribution is 2.43. The average Bonchev–Trinajstić information content (AvgIpc) is 2.57. The Morgan fingerprint density at radius 2 is 1.86 bits per heavy atom. The molecule has 2 rings (SSSR count). The fraction of sp³-hybridized carbons (Fsp3) is 0.667. The van der Waals surface area contributed by atoms with Crippen molar-refractivity contribution in [3.05, 3.63) is 24.3 Å². The van der Waals surface area contributed by atoms with Crippen LogP contribution in [0.2, 0.25) is 0 Å². The summed E-state index contributed by atoms with van der Waals surface area (Å²) in [5.41, 5.74) is 0.409. The Morgan fingerprint density at radius 1 is 1.21 bits per heavy atom. The highest BCUT2D eigenvalue weighted by Gasteiger charge is 2.42. The van der Waals surface area contributed by atoms with Crippen LogP contribution >= 0.6 is 0 Å². The molecule has 1 aliphatic rings. The van der Waals surface area contributed by atoms with E-state index in [0.29, 0.717) is 24.6 Å². The number of carbonyl (C=O) groups excluding carboxylic acids is 1. The highest BCUT2D eigenvalue weighted by atomic mass is 32.2. The van der Waals surface area contributed by atoms with Gasteiger partial charge in [-0.3, -0.25) is 4.79 Å². The predicted molar refractivity (Wildman–Crippen MR) is 112 cm³/mol. The van der Waals surface area contributed by atoms with E-state index in [-0.39, 0.29) is 34.1 Å². The van der Waals surface area contributed by atoms with Crippen LogP contribution in [0.1, 0.15) is 53.4 Å². The third-order valence-corrected chi connectivity index (χ3v) is 7.20. The number of aliphatic hydroxyl groups is 1. The lowest BCUT2D eigenvalue weighted by Gasteiger charge is -2.47. The van der Waals surface area contributed by atoms with Crippen molar-refractivity contribution in [1.29, 1.82) is 0 Å². The quantitative estimate of drug-likeness (QED) is 0.573. The zero-order chi connectivity index (χ0) is 21.0. The molecule has 0 unspecified atom stereocenters. The molecule has 0 heterocycles. The molecule has 0 aliphatic heterocycles. The maximum atomic E-state index is 12.6. The molecule has 7 heteroatoms. The molecule has 0 bridgehead atoms. The van der Waals surface area contributed by atoms with Crippen molar-refractivity contribution in [1.82, 2.24) is 5.32 Å². The number of benzene rings is 1. The van der Waals surface area contributed by atoms with Crippen molar-refractivity contribution in [2.24, 2.45) is 11.3 Å². The van der Waals surface area contributed by atoms with E-state index in [1.54, 1.807) is 12.1 Å². The van der Waals surface area contributed by atoms with Crippen molar-refractivity contribution in [2.75, 3.05) is 24.2 Å². The van der Waals surface area contributed by atoms with E-state index in [4.69, 9.17) is 0 Å². The van der Waals surface area contributed by atoms with E-state index in [9.17, 15) is 18.3 Å². The van der Waals surface area contributed by atoms with E-state index < -0.39 is 9.84 Å². The molecule has 6 nitrogen and oxygen atoms in total. The fourth-order valence-electron chi connectivity index (χ4n) is 4.74. The molecular formula is C21H34N2O4S. The molecule has 28 heavy (non-hydrogen) atoms. The molecule has 1 aromatic rings. The summed E-state index contributed by atoms with van der Waals surface area (Å²) >= 11 is 0. The molecule has 0 aromatic heterocycles. The molecule has 2 atom stereocenters. The summed E-state index contributed by atoms with van der Waals surface area (Å²) in [6, 6.07) is 6.24. The number of rotatable bonds is 8. The third-order valence-electron chi connectivity index (χ3n) is 5.38. The summed E-state index contributed by atoms with van der Waals surface area (Å²) in [4.78, 5) is 11.3. The second-order valence-corrected chi connectivity index (χ2v) is 11.2. The van der Waals surface area contributed by atoms with Crippen molar-refractivity contribution >= 4 is 21.4 Å². The van der Waals surface area contributed by atoms with E-state index >= 15 is 0 Å². The van der Waals surface area contributed by atoms with E-state index in [1.165, 1.54) is 19.1 Å². The molecule has 3 N–H and O–H groups in total. The van der Waals surface area contributed by atoms with Gasteiger partial charge in [-0.25, -0.2) is 8.42 Å². The first kappa shape index (κ1) is 22.8. The Bertz CT molecular complexity index is 774. The van der Waals surface area contributed by atoms with Gasteiger partial charge in [0.1, 0.15) is 0 Å². The van der Waals surface area contributed by atoms with Gasteiger partial charge in [0.15, 0.2) is 9.84 Å². The lowest BCUT2D eigenvalue weighted by molar-refractivity contribution is -0.114. The van der Waals surface area contributed by atoms with Crippen LogP contribution in [-0.2, 0) is 14.6 Å². The summed E-state index contributed by atoms with van der Waals surface area (Å²) in [5, 5.41) is 16.1. The van der Waals surface area contributed by atoms with Crippen LogP contribution in [0.15, 0.2) is 29.2 Å². The molecule has 0 saturated heterocycles. The molecule has 1 fully saturated rings. The number of carbonyl (C=O) groups is 1. The molecular weight excluding hydrogens is 376 g/mol. The van der Waals surface area contributed by atoms with Gasteiger partial charge in [0.05, 0.1) is 17.3 Å². The number of aliphatic hydroxyl groups excluding tert-OH is 1. The van der Waals surface area contributed by atoms with Gasteiger partial charge in [0.2, 0.25) is 5.91 Å². The maximum Gasteiger partial charge on any atom is 0.221 e. The maximum absolute atomic E-state index is 12.6. The van der Waals surface area contributed by atoms with Crippen LogP contribution in [0.5, 0.6) is 0 Å². The predicted octanol–water partition coefficient (Wildman–Crippen LogP) is 2.98. The van der Waals surface area contributed by atoms with Crippen molar-refractivity contribution in [2.45, 2.75) is 63.8 Å². The van der Waals surface area contributed by atoms with Gasteiger partial charge in [0, 0.05) is 18.2 Å². The summed E-state index contributed by atoms with van der Waals surface area (Å²) in [5.74, 6) is 0.369. The van der Waals surface area contributed by atoms with Crippen LogP contribution in [-0.4, -0.2) is 43.9 Å². The SMILES string of the molecule is CC(=O)Nc1ccc(S(=O)(=O)CCCN[C@@]2(CO)C[C@@H](C)CC(C)(C)C2)cc1. The van der Waals surface area contributed by atoms with Gasteiger partial charge in [-0.1, -0.05) is 20.8 Å². The number of hydrogen-bond donors (Lipinski definition) is 3. The zero-order valence-electron chi connectivity index (χ0n) is 17.4. The van der Waals surface area contributed by atoms with E-state index in [0.717, 1.165) is 19.3 Å². The van der Waals surface area contributed by atoms with Crippen molar-refractivity contribution in [3.8, 4) is 0 Å². The lowest BCUT2D eigenvalue weighted by Crippen LogP contribution is -2.55. The van der Waals surface area contributed by atoms with E-state index in [2.05, 4.69) is 31.4 Å². The first-order chi connectivity index (χ1) is 13.0. The minimum Gasteiger partial charge on any atom is -0.394 e. The molecule has 1 saturated carbocycles. The summed E-state index contributed by atoms with van der Waals surface area (Å²) in [6.45, 7) is 8.69. The van der Waals surface area contributed by atoms with Crippen LogP contribution < -0.4 is 10.6 Å². The second-order valence-electron chi connectivity index (χ2n) is 9.10. The second kappa shape index (κ2) is 8.93. The average molecular weight is 411 g/mol. The molecule has 1 aromatic carbocycles. The third kappa shape index (κ3) is 6.29. The standard InChI is InChI=1S/C21H34N2O4S/c1-16-12-20(3,4)14-21(13-16,15-24)22-10-5-11-28(26,27)19-8-6-18(7-9-19)23-17(2)25/h6-9,16,22,24H,5,10-15H2,1-4H3,(H,23,25)/t16-,21-/m0/s1. The first-order valence-corrected chi connectivity index (χ1v) is 11.6. The Kier molecular flexibility index (Phi) is 7.28. The van der Waals surface area contributed by atoms with Crippen LogP contribution in [0, 0.1) is 11.3 Å². The molecule has 0 spiro atoms. The normalized spacial score (nSPS) is 24.7. The number of sulfone groups is 1. The van der Waals surface area contributed by atoms with Gasteiger partial charge in [-0.05, 0) is 67.8 Å². The Morgan fingerprint density at radius 3 is 2.39 bits per heavy atom. The minimum atomic E-state index is -3.38.